The minimum absolute atomic E-state index is 0. The maximum Gasteiger partial charge on any atom is 0.410 e. The lowest BCUT2D eigenvalue weighted by Crippen LogP contribution is -2.59. The Morgan fingerprint density at radius 1 is 0.911 bits per heavy atom. The lowest BCUT2D eigenvalue weighted by atomic mass is 10.1. The van der Waals surface area contributed by atoms with Crippen molar-refractivity contribution in [3.8, 4) is 11.5 Å². The third-order valence-corrected chi connectivity index (χ3v) is 7.25. The minimum Gasteiger partial charge on any atom is -0.494 e. The molecule has 16 heteroatoms. The van der Waals surface area contributed by atoms with Gasteiger partial charge >= 0.3 is 6.09 Å². The summed E-state index contributed by atoms with van der Waals surface area (Å²) in [5, 5.41) is 23.1. The molecule has 7 N–H and O–H groups in total. The number of hydrogen-bond donors (Lipinski definition) is 5. The van der Waals surface area contributed by atoms with Crippen LogP contribution in [0.2, 0.25) is 0 Å². The van der Waals surface area contributed by atoms with Crippen molar-refractivity contribution in [3.05, 3.63) is 24.5 Å². The monoisotopic (exact) mass is 676 g/mol. The van der Waals surface area contributed by atoms with Crippen molar-refractivity contribution in [2.45, 2.75) is 64.5 Å². The number of amides is 1. The van der Waals surface area contributed by atoms with E-state index in [2.05, 4.69) is 20.2 Å². The number of aromatic nitrogens is 2. The number of rotatable bonds is 6. The zero-order valence-electron chi connectivity index (χ0n) is 27.1. The molecule has 2 aromatic rings. The van der Waals surface area contributed by atoms with Gasteiger partial charge in [0.1, 0.15) is 28.7 Å². The minimum atomic E-state index is -0.706. The molecule has 0 aromatic carbocycles. The summed E-state index contributed by atoms with van der Waals surface area (Å²) in [6, 6.07) is 3.04. The Morgan fingerprint density at radius 2 is 1.42 bits per heavy atom. The van der Waals surface area contributed by atoms with Crippen LogP contribution in [0.25, 0.3) is 0 Å². The highest BCUT2D eigenvalue weighted by Crippen LogP contribution is 2.32. The first-order valence-electron chi connectivity index (χ1n) is 14.4. The number of nitrogen functional groups attached to an aromatic ring is 2. The van der Waals surface area contributed by atoms with Crippen LogP contribution in [-0.4, -0.2) is 115 Å². The van der Waals surface area contributed by atoms with Gasteiger partial charge in [0.2, 0.25) is 0 Å². The second-order valence-corrected chi connectivity index (χ2v) is 11.7. The maximum absolute atomic E-state index is 12.5. The summed E-state index contributed by atoms with van der Waals surface area (Å²) in [5.41, 5.74) is 12.5. The highest BCUT2D eigenvalue weighted by atomic mass is 35.5. The standard InChI is InChI=1S/C17H28N4O4.C12H20N4O2.2ClH/c1-11(22)13-10-20(12-9-19-15(18)8-14(12)24-5)6-7-21(13)16(23)25-17(2,3)4;1-8(17)9-7-16(4-3-14-9)10-6-15-12(13)5-11(10)18-2;;/h8-9,11,13,22H,6-7,10H2,1-5H3,(H2,18,19);5-6,8-9,14,17H,3-4,7H2,1-2H3,(H2,13,15);2*1H/t11-,13-;8-,9-;;/m11../s1. The number of methoxy groups -OCH3 is 2. The highest BCUT2D eigenvalue weighted by Gasteiger charge is 2.36. The van der Waals surface area contributed by atoms with Crippen LogP contribution >= 0.6 is 24.8 Å². The number of ether oxygens (including phenoxy) is 3. The van der Waals surface area contributed by atoms with Crippen molar-refractivity contribution in [3.63, 3.8) is 0 Å². The topological polar surface area (TPSA) is 185 Å². The summed E-state index contributed by atoms with van der Waals surface area (Å²) in [7, 11) is 3.19. The Morgan fingerprint density at radius 3 is 1.87 bits per heavy atom. The first kappa shape index (κ1) is 39.9. The molecule has 0 aliphatic carbocycles. The first-order valence-corrected chi connectivity index (χ1v) is 14.4. The molecule has 2 fully saturated rings. The van der Waals surface area contributed by atoms with Gasteiger partial charge in [-0.05, 0) is 34.6 Å². The Labute approximate surface area is 278 Å². The second kappa shape index (κ2) is 17.5. The molecule has 0 radical (unpaired) electrons. The molecule has 0 spiro atoms. The molecule has 0 bridgehead atoms. The van der Waals surface area contributed by atoms with E-state index in [1.807, 2.05) is 25.7 Å². The molecule has 0 saturated carbocycles. The first-order chi connectivity index (χ1) is 20.2. The molecule has 4 heterocycles. The van der Waals surface area contributed by atoms with Gasteiger partial charge in [-0.1, -0.05) is 0 Å². The Balaban J connectivity index is 0.000000451. The zero-order valence-corrected chi connectivity index (χ0v) is 28.7. The number of carbonyl (C=O) groups excluding carboxylic acids is 1. The molecular weight excluding hydrogens is 627 g/mol. The van der Waals surface area contributed by atoms with Crippen LogP contribution in [0.15, 0.2) is 24.5 Å². The van der Waals surface area contributed by atoms with Gasteiger partial charge in [-0.25, -0.2) is 14.8 Å². The van der Waals surface area contributed by atoms with E-state index in [-0.39, 0.29) is 37.0 Å². The van der Waals surface area contributed by atoms with Gasteiger partial charge in [0.15, 0.2) is 0 Å². The van der Waals surface area contributed by atoms with Gasteiger partial charge in [0, 0.05) is 51.4 Å². The number of nitrogens with two attached hydrogens (primary N) is 2. The SMILES string of the molecule is COc1cc(N)ncc1N1CCN(C(=O)OC(C)(C)C)[C@@H]([C@@H](C)O)C1.COc1cc(N)ncc1N1CCN[C@@H]([C@@H](C)O)C1.Cl.Cl. The number of pyridine rings is 2. The third kappa shape index (κ3) is 11.0. The fraction of sp³-hybridized carbons (Fsp3) is 0.621. The highest BCUT2D eigenvalue weighted by molar-refractivity contribution is 5.85. The predicted molar refractivity (Wildman–Crippen MR) is 181 cm³/mol. The van der Waals surface area contributed by atoms with Crippen molar-refractivity contribution in [2.24, 2.45) is 0 Å². The number of hydrogen-bond acceptors (Lipinski definition) is 13. The fourth-order valence-electron chi connectivity index (χ4n) is 5.00. The normalized spacial score (nSPS) is 19.5. The van der Waals surface area contributed by atoms with Gasteiger partial charge < -0.3 is 51.0 Å². The van der Waals surface area contributed by atoms with Crippen molar-refractivity contribution < 1.29 is 29.2 Å². The molecule has 4 atom stereocenters. The van der Waals surface area contributed by atoms with E-state index in [0.29, 0.717) is 42.8 Å². The van der Waals surface area contributed by atoms with Crippen molar-refractivity contribution in [1.29, 1.82) is 0 Å². The van der Waals surface area contributed by atoms with E-state index in [9.17, 15) is 15.0 Å². The lowest BCUT2D eigenvalue weighted by Gasteiger charge is -2.43. The largest absolute Gasteiger partial charge is 0.494 e. The fourth-order valence-corrected chi connectivity index (χ4v) is 5.00. The summed E-state index contributed by atoms with van der Waals surface area (Å²) < 4.78 is 16.2. The van der Waals surface area contributed by atoms with Gasteiger partial charge in [-0.15, -0.1) is 24.8 Å². The van der Waals surface area contributed by atoms with E-state index < -0.39 is 23.8 Å². The quantitative estimate of drug-likeness (QED) is 0.300. The van der Waals surface area contributed by atoms with Gasteiger partial charge in [-0.3, -0.25) is 4.90 Å². The van der Waals surface area contributed by atoms with Crippen LogP contribution in [0.1, 0.15) is 34.6 Å². The van der Waals surface area contributed by atoms with Crippen LogP contribution in [0.5, 0.6) is 11.5 Å². The van der Waals surface area contributed by atoms with Gasteiger partial charge in [0.05, 0.1) is 62.3 Å². The molecule has 2 aliphatic heterocycles. The Bertz CT molecular complexity index is 1220. The molecule has 256 valence electrons. The van der Waals surface area contributed by atoms with Crippen molar-refractivity contribution in [2.75, 3.05) is 74.8 Å². The van der Waals surface area contributed by atoms with Gasteiger partial charge in [0.25, 0.3) is 0 Å². The van der Waals surface area contributed by atoms with Crippen LogP contribution in [0.3, 0.4) is 0 Å². The summed E-state index contributed by atoms with van der Waals surface area (Å²) in [5.74, 6) is 2.15. The molecular formula is C29H50Cl2N8O6. The molecule has 0 unspecified atom stereocenters. The van der Waals surface area contributed by atoms with Gasteiger partial charge in [-0.2, -0.15) is 0 Å². The number of nitrogens with one attached hydrogen (secondary N) is 1. The number of halogens is 2. The number of aliphatic hydroxyl groups excluding tert-OH is 2. The maximum atomic E-state index is 12.5. The summed E-state index contributed by atoms with van der Waals surface area (Å²) in [4.78, 5) is 26.5. The van der Waals surface area contributed by atoms with Crippen LogP contribution < -0.4 is 36.1 Å². The van der Waals surface area contributed by atoms with Crippen molar-refractivity contribution in [1.82, 2.24) is 20.2 Å². The summed E-state index contributed by atoms with van der Waals surface area (Å²) in [6.45, 7) is 12.8. The second-order valence-electron chi connectivity index (χ2n) is 11.7. The molecule has 2 aliphatic rings. The van der Waals surface area contributed by atoms with E-state index in [1.54, 1.807) is 57.5 Å². The molecule has 2 aromatic heterocycles. The van der Waals surface area contributed by atoms with Crippen LogP contribution in [0.4, 0.5) is 27.8 Å². The smallest absolute Gasteiger partial charge is 0.410 e. The van der Waals surface area contributed by atoms with E-state index in [0.717, 1.165) is 31.0 Å². The number of aliphatic hydroxyl groups is 2. The molecule has 1 amide bonds. The molecule has 2 saturated heterocycles. The average molecular weight is 678 g/mol. The third-order valence-electron chi connectivity index (χ3n) is 7.25. The van der Waals surface area contributed by atoms with Crippen LogP contribution in [0, 0.1) is 0 Å². The molecule has 45 heavy (non-hydrogen) atoms. The van der Waals surface area contributed by atoms with E-state index in [1.165, 1.54) is 0 Å². The lowest BCUT2D eigenvalue weighted by molar-refractivity contribution is -0.00560. The van der Waals surface area contributed by atoms with Crippen molar-refractivity contribution >= 4 is 53.9 Å². The summed E-state index contributed by atoms with van der Waals surface area (Å²) >= 11 is 0. The predicted octanol–water partition coefficient (Wildman–Crippen LogP) is 2.15. The number of anilines is 4. The molecule has 4 rings (SSSR count). The Kier molecular flexibility index (Phi) is 15.5. The molecule has 14 nitrogen and oxygen atoms in total. The van der Waals surface area contributed by atoms with Crippen LogP contribution in [-0.2, 0) is 4.74 Å². The number of piperazine rings is 2. The average Bonchev–Trinajstić information content (AvgIpc) is 2.96. The number of carbonyl (C=O) groups is 1. The van der Waals surface area contributed by atoms with E-state index >= 15 is 0 Å². The number of nitrogens with zero attached hydrogens (tertiary/aromatic N) is 5. The van der Waals surface area contributed by atoms with E-state index in [4.69, 9.17) is 25.7 Å². The Hall–Kier alpha value is -3.17. The summed E-state index contributed by atoms with van der Waals surface area (Å²) in [6.07, 6.45) is 1.86. The zero-order chi connectivity index (χ0) is 31.9.